The van der Waals surface area contributed by atoms with Gasteiger partial charge in [-0.3, -0.25) is 0 Å². The smallest absolute Gasteiger partial charge is 0.326 e. The van der Waals surface area contributed by atoms with E-state index in [-0.39, 0.29) is 12.5 Å². The maximum Gasteiger partial charge on any atom is 0.326 e. The van der Waals surface area contributed by atoms with Gasteiger partial charge in [-0.05, 0) is 31.1 Å². The number of nitrogens with one attached hydrogen (secondary N) is 2. The number of carboxylic acid groups (broad SMARTS) is 1. The standard InChI is InChI=1S/C14H24N2O3/c1-4-6-12(13(17)18)16-14(19)15-11-8-7-10(5-2)9(11)3/h4,9-12H,1,5-8H2,2-3H3,(H,17,18)(H2,15,16,19). The van der Waals surface area contributed by atoms with E-state index < -0.39 is 18.0 Å². The largest absolute Gasteiger partial charge is 0.480 e. The molecule has 0 spiro atoms. The van der Waals surface area contributed by atoms with Gasteiger partial charge in [0, 0.05) is 6.04 Å². The molecule has 0 saturated heterocycles. The van der Waals surface area contributed by atoms with Gasteiger partial charge in [0.2, 0.25) is 0 Å². The number of aliphatic carboxylic acids is 1. The van der Waals surface area contributed by atoms with Crippen LogP contribution < -0.4 is 10.6 Å². The van der Waals surface area contributed by atoms with Crippen molar-refractivity contribution in [2.24, 2.45) is 11.8 Å². The number of hydrogen-bond acceptors (Lipinski definition) is 2. The van der Waals surface area contributed by atoms with Gasteiger partial charge in [-0.1, -0.05) is 26.3 Å². The molecule has 0 aromatic heterocycles. The van der Waals surface area contributed by atoms with Gasteiger partial charge in [-0.15, -0.1) is 6.58 Å². The lowest BCUT2D eigenvalue weighted by molar-refractivity contribution is -0.139. The molecule has 1 rings (SSSR count). The summed E-state index contributed by atoms with van der Waals surface area (Å²) in [6.07, 6.45) is 4.92. The summed E-state index contributed by atoms with van der Waals surface area (Å²) in [4.78, 5) is 22.7. The predicted molar refractivity (Wildman–Crippen MR) is 73.9 cm³/mol. The van der Waals surface area contributed by atoms with Crippen molar-refractivity contribution in [3.8, 4) is 0 Å². The van der Waals surface area contributed by atoms with E-state index in [0.717, 1.165) is 19.3 Å². The van der Waals surface area contributed by atoms with Gasteiger partial charge in [-0.2, -0.15) is 0 Å². The zero-order chi connectivity index (χ0) is 14.4. The van der Waals surface area contributed by atoms with E-state index in [1.165, 1.54) is 6.08 Å². The summed E-state index contributed by atoms with van der Waals surface area (Å²) in [7, 11) is 0. The van der Waals surface area contributed by atoms with Crippen LogP contribution in [0.5, 0.6) is 0 Å². The molecule has 5 nitrogen and oxygen atoms in total. The van der Waals surface area contributed by atoms with Gasteiger partial charge in [0.1, 0.15) is 6.04 Å². The van der Waals surface area contributed by atoms with E-state index >= 15 is 0 Å². The fourth-order valence-electron chi connectivity index (χ4n) is 2.78. The lowest BCUT2D eigenvalue weighted by atomic mass is 9.93. The maximum atomic E-state index is 11.8. The fraction of sp³-hybridized carbons (Fsp3) is 0.714. The Morgan fingerprint density at radius 2 is 2.16 bits per heavy atom. The van der Waals surface area contributed by atoms with Crippen molar-refractivity contribution < 1.29 is 14.7 Å². The highest BCUT2D eigenvalue weighted by atomic mass is 16.4. The molecule has 108 valence electrons. The minimum Gasteiger partial charge on any atom is -0.480 e. The molecular weight excluding hydrogens is 244 g/mol. The molecule has 2 amide bonds. The Bertz CT molecular complexity index is 344. The lowest BCUT2D eigenvalue weighted by Crippen LogP contribution is -2.49. The molecule has 3 N–H and O–H groups in total. The Morgan fingerprint density at radius 3 is 2.63 bits per heavy atom. The Morgan fingerprint density at radius 1 is 1.47 bits per heavy atom. The topological polar surface area (TPSA) is 78.4 Å². The molecule has 1 aliphatic carbocycles. The van der Waals surface area contributed by atoms with E-state index in [9.17, 15) is 9.59 Å². The van der Waals surface area contributed by atoms with Gasteiger partial charge in [0.05, 0.1) is 0 Å². The number of amides is 2. The summed E-state index contributed by atoms with van der Waals surface area (Å²) >= 11 is 0. The molecule has 0 aliphatic heterocycles. The molecule has 0 aromatic carbocycles. The summed E-state index contributed by atoms with van der Waals surface area (Å²) in [5.74, 6) is 0.0492. The van der Waals surface area contributed by atoms with Crippen LogP contribution in [0, 0.1) is 11.8 Å². The summed E-state index contributed by atoms with van der Waals surface area (Å²) < 4.78 is 0. The van der Waals surface area contributed by atoms with Crippen molar-refractivity contribution in [2.45, 2.75) is 51.6 Å². The summed E-state index contributed by atoms with van der Waals surface area (Å²) in [5.41, 5.74) is 0. The van der Waals surface area contributed by atoms with Crippen LogP contribution in [0.3, 0.4) is 0 Å². The average molecular weight is 268 g/mol. The quantitative estimate of drug-likeness (QED) is 0.646. The average Bonchev–Trinajstić information content (AvgIpc) is 2.69. The minimum absolute atomic E-state index is 0.142. The first kappa shape index (κ1) is 15.5. The fourth-order valence-corrected chi connectivity index (χ4v) is 2.78. The number of carbonyl (C=O) groups excluding carboxylic acids is 1. The molecule has 4 unspecified atom stereocenters. The Kier molecular flexibility index (Phi) is 5.86. The van der Waals surface area contributed by atoms with Crippen LogP contribution in [-0.4, -0.2) is 29.2 Å². The van der Waals surface area contributed by atoms with Gasteiger partial charge < -0.3 is 15.7 Å². The van der Waals surface area contributed by atoms with Crippen LogP contribution in [0.25, 0.3) is 0 Å². The van der Waals surface area contributed by atoms with Gasteiger partial charge in [0.25, 0.3) is 0 Å². The summed E-state index contributed by atoms with van der Waals surface area (Å²) in [6.45, 7) is 7.80. The third-order valence-electron chi connectivity index (χ3n) is 4.07. The molecule has 1 fully saturated rings. The van der Waals surface area contributed by atoms with Crippen molar-refractivity contribution in [1.82, 2.24) is 10.6 Å². The molecule has 0 aromatic rings. The van der Waals surface area contributed by atoms with Crippen LogP contribution in [0.15, 0.2) is 12.7 Å². The molecule has 0 radical (unpaired) electrons. The van der Waals surface area contributed by atoms with Gasteiger partial charge in [-0.25, -0.2) is 9.59 Å². The highest BCUT2D eigenvalue weighted by Gasteiger charge is 2.32. The number of hydrogen-bond donors (Lipinski definition) is 3. The molecule has 1 aliphatic rings. The molecule has 0 heterocycles. The molecule has 5 heteroatoms. The van der Waals surface area contributed by atoms with Crippen LogP contribution in [0.1, 0.15) is 39.5 Å². The molecule has 0 bridgehead atoms. The molecule has 4 atom stereocenters. The Labute approximate surface area is 114 Å². The van der Waals surface area contributed by atoms with Gasteiger partial charge in [0.15, 0.2) is 0 Å². The van der Waals surface area contributed by atoms with E-state index in [0.29, 0.717) is 11.8 Å². The lowest BCUT2D eigenvalue weighted by Gasteiger charge is -2.22. The number of carbonyl (C=O) groups is 2. The Hall–Kier alpha value is -1.52. The highest BCUT2D eigenvalue weighted by Crippen LogP contribution is 2.33. The third kappa shape index (κ3) is 4.26. The highest BCUT2D eigenvalue weighted by molar-refractivity contribution is 5.82. The number of rotatable bonds is 6. The monoisotopic (exact) mass is 268 g/mol. The van der Waals surface area contributed by atoms with Crippen molar-refractivity contribution in [2.75, 3.05) is 0 Å². The van der Waals surface area contributed by atoms with E-state index in [4.69, 9.17) is 5.11 Å². The van der Waals surface area contributed by atoms with E-state index in [1.807, 2.05) is 0 Å². The normalized spacial score (nSPS) is 27.6. The Balaban J connectivity index is 2.46. The second-order valence-electron chi connectivity index (χ2n) is 5.24. The van der Waals surface area contributed by atoms with Crippen molar-refractivity contribution in [1.29, 1.82) is 0 Å². The zero-order valence-electron chi connectivity index (χ0n) is 11.7. The van der Waals surface area contributed by atoms with Gasteiger partial charge >= 0.3 is 12.0 Å². The minimum atomic E-state index is -1.04. The van der Waals surface area contributed by atoms with E-state index in [2.05, 4.69) is 31.1 Å². The van der Waals surface area contributed by atoms with E-state index in [1.54, 1.807) is 0 Å². The van der Waals surface area contributed by atoms with Crippen LogP contribution in [0.4, 0.5) is 4.79 Å². The second kappa shape index (κ2) is 7.16. The first-order valence-electron chi connectivity index (χ1n) is 6.90. The number of urea groups is 1. The molecule has 1 saturated carbocycles. The first-order valence-corrected chi connectivity index (χ1v) is 6.90. The summed E-state index contributed by atoms with van der Waals surface area (Å²) in [6, 6.07) is -1.16. The van der Waals surface area contributed by atoms with Crippen LogP contribution in [-0.2, 0) is 4.79 Å². The maximum absolute atomic E-state index is 11.8. The zero-order valence-corrected chi connectivity index (χ0v) is 11.7. The second-order valence-corrected chi connectivity index (χ2v) is 5.24. The van der Waals surface area contributed by atoms with Crippen molar-refractivity contribution >= 4 is 12.0 Å². The van der Waals surface area contributed by atoms with Crippen LogP contribution >= 0.6 is 0 Å². The SMILES string of the molecule is C=CCC(NC(=O)NC1CCC(CC)C1C)C(=O)O. The molecular formula is C14H24N2O3. The van der Waals surface area contributed by atoms with Crippen molar-refractivity contribution in [3.63, 3.8) is 0 Å². The van der Waals surface area contributed by atoms with Crippen molar-refractivity contribution in [3.05, 3.63) is 12.7 Å². The predicted octanol–water partition coefficient (Wildman–Crippen LogP) is 2.14. The summed E-state index contributed by atoms with van der Waals surface area (Å²) in [5, 5.41) is 14.3. The molecule has 19 heavy (non-hydrogen) atoms. The van der Waals surface area contributed by atoms with Crippen LogP contribution in [0.2, 0.25) is 0 Å². The number of carboxylic acids is 1. The third-order valence-corrected chi connectivity index (χ3v) is 4.07. The first-order chi connectivity index (χ1) is 8.99.